The Morgan fingerprint density at radius 3 is 2.79 bits per heavy atom. The number of anilines is 1. The Kier molecular flexibility index (Phi) is 4.74. The summed E-state index contributed by atoms with van der Waals surface area (Å²) in [6, 6.07) is 11.9. The quantitative estimate of drug-likeness (QED) is 0.499. The van der Waals surface area contributed by atoms with E-state index in [1.54, 1.807) is 32.6 Å². The van der Waals surface area contributed by atoms with Crippen LogP contribution in [0.15, 0.2) is 36.7 Å². The van der Waals surface area contributed by atoms with Crippen molar-refractivity contribution in [2.75, 3.05) is 32.7 Å². The van der Waals surface area contributed by atoms with Gasteiger partial charge in [0.1, 0.15) is 12.7 Å². The lowest BCUT2D eigenvalue weighted by molar-refractivity contribution is 0.141. The van der Waals surface area contributed by atoms with Crippen molar-refractivity contribution in [3.05, 3.63) is 42.2 Å². The zero-order valence-electron chi connectivity index (χ0n) is 15.5. The van der Waals surface area contributed by atoms with Gasteiger partial charge in [-0.25, -0.2) is 4.98 Å². The second kappa shape index (κ2) is 7.50. The summed E-state index contributed by atoms with van der Waals surface area (Å²) in [6.45, 7) is 0.780. The SMILES string of the molecule is CNc1c(C#N)ccc2nc(OCCOC)nc(-c3ccc4nc[nH]c4c3)c12. The van der Waals surface area contributed by atoms with Crippen LogP contribution in [-0.2, 0) is 4.74 Å². The molecule has 0 spiro atoms. The van der Waals surface area contributed by atoms with Gasteiger partial charge in [0.05, 0.1) is 51.8 Å². The highest BCUT2D eigenvalue weighted by Gasteiger charge is 2.17. The molecule has 0 radical (unpaired) electrons. The van der Waals surface area contributed by atoms with Crippen LogP contribution in [0.1, 0.15) is 5.56 Å². The number of rotatable bonds is 6. The summed E-state index contributed by atoms with van der Waals surface area (Å²) in [7, 11) is 3.39. The first kappa shape index (κ1) is 17.7. The van der Waals surface area contributed by atoms with E-state index in [0.717, 1.165) is 22.0 Å². The fourth-order valence-corrected chi connectivity index (χ4v) is 3.13. The van der Waals surface area contributed by atoms with Crippen LogP contribution in [0.5, 0.6) is 6.01 Å². The van der Waals surface area contributed by atoms with Gasteiger partial charge >= 0.3 is 6.01 Å². The Hall–Kier alpha value is -3.70. The van der Waals surface area contributed by atoms with Gasteiger partial charge in [0, 0.05) is 19.7 Å². The molecule has 0 amide bonds. The summed E-state index contributed by atoms with van der Waals surface area (Å²) in [5.74, 6) is 0. The van der Waals surface area contributed by atoms with Crippen molar-refractivity contribution < 1.29 is 9.47 Å². The fraction of sp³-hybridized carbons (Fsp3) is 0.200. The number of H-pyrrole nitrogens is 1. The van der Waals surface area contributed by atoms with Gasteiger partial charge in [-0.2, -0.15) is 15.2 Å². The van der Waals surface area contributed by atoms with Gasteiger partial charge in [-0.05, 0) is 24.3 Å². The number of nitriles is 1. The third-order valence-electron chi connectivity index (χ3n) is 4.43. The maximum Gasteiger partial charge on any atom is 0.317 e. The van der Waals surface area contributed by atoms with Crippen LogP contribution in [0.3, 0.4) is 0 Å². The predicted octanol–water partition coefficient (Wildman–Crippen LogP) is 3.11. The summed E-state index contributed by atoms with van der Waals surface area (Å²) < 4.78 is 10.7. The number of hydrogen-bond acceptors (Lipinski definition) is 7. The monoisotopic (exact) mass is 374 g/mol. The van der Waals surface area contributed by atoms with Gasteiger partial charge in [0.15, 0.2) is 0 Å². The van der Waals surface area contributed by atoms with E-state index >= 15 is 0 Å². The van der Waals surface area contributed by atoms with E-state index < -0.39 is 0 Å². The van der Waals surface area contributed by atoms with Crippen LogP contribution in [0.4, 0.5) is 5.69 Å². The van der Waals surface area contributed by atoms with Gasteiger partial charge in [-0.1, -0.05) is 6.07 Å². The lowest BCUT2D eigenvalue weighted by Crippen LogP contribution is -2.08. The molecule has 0 saturated carbocycles. The lowest BCUT2D eigenvalue weighted by Gasteiger charge is -2.14. The molecular weight excluding hydrogens is 356 g/mol. The Labute approximate surface area is 161 Å². The van der Waals surface area contributed by atoms with Gasteiger partial charge in [-0.3, -0.25) is 0 Å². The molecule has 2 heterocycles. The number of methoxy groups -OCH3 is 1. The molecule has 28 heavy (non-hydrogen) atoms. The summed E-state index contributed by atoms with van der Waals surface area (Å²) in [4.78, 5) is 16.5. The standard InChI is InChI=1S/C20H18N6O2/c1-22-18-13(10-21)4-6-15-17(18)19(26-20(25-15)28-8-7-27-2)12-3-5-14-16(9-12)24-11-23-14/h3-6,9,11,22H,7-8H2,1-2H3,(H,23,24). The molecule has 8 heteroatoms. The minimum absolute atomic E-state index is 0.260. The molecular formula is C20H18N6O2. The number of aromatic amines is 1. The van der Waals surface area contributed by atoms with Gasteiger partial charge in [0.2, 0.25) is 0 Å². The number of fused-ring (bicyclic) bond motifs is 2. The van der Waals surface area contributed by atoms with Crippen molar-refractivity contribution in [3.63, 3.8) is 0 Å². The number of aromatic nitrogens is 4. The van der Waals surface area contributed by atoms with E-state index in [-0.39, 0.29) is 6.01 Å². The van der Waals surface area contributed by atoms with Crippen molar-refractivity contribution in [1.29, 1.82) is 5.26 Å². The molecule has 0 atom stereocenters. The number of nitrogens with one attached hydrogen (secondary N) is 2. The third kappa shape index (κ3) is 3.08. The largest absolute Gasteiger partial charge is 0.461 e. The first-order chi connectivity index (χ1) is 13.7. The zero-order chi connectivity index (χ0) is 19.5. The van der Waals surface area contributed by atoms with Crippen molar-refractivity contribution >= 4 is 27.6 Å². The minimum Gasteiger partial charge on any atom is -0.461 e. The molecule has 0 aliphatic heterocycles. The fourth-order valence-electron chi connectivity index (χ4n) is 3.13. The minimum atomic E-state index is 0.260. The molecule has 2 aromatic heterocycles. The molecule has 0 bridgehead atoms. The number of imidazole rings is 1. The lowest BCUT2D eigenvalue weighted by atomic mass is 10.0. The van der Waals surface area contributed by atoms with Gasteiger partial charge in [0.25, 0.3) is 0 Å². The van der Waals surface area contributed by atoms with Crippen LogP contribution in [0.25, 0.3) is 33.2 Å². The molecule has 4 aromatic rings. The topological polar surface area (TPSA) is 109 Å². The third-order valence-corrected chi connectivity index (χ3v) is 4.43. The number of hydrogen-bond donors (Lipinski definition) is 2. The van der Waals surface area contributed by atoms with Crippen LogP contribution >= 0.6 is 0 Å². The molecule has 0 unspecified atom stereocenters. The van der Waals surface area contributed by atoms with E-state index in [0.29, 0.717) is 35.7 Å². The molecule has 0 saturated heterocycles. The highest BCUT2D eigenvalue weighted by Crippen LogP contribution is 2.35. The Balaban J connectivity index is 1.97. The molecule has 0 aliphatic carbocycles. The van der Waals surface area contributed by atoms with E-state index in [4.69, 9.17) is 9.47 Å². The first-order valence-electron chi connectivity index (χ1n) is 8.73. The Bertz CT molecular complexity index is 1190. The molecule has 0 fully saturated rings. The van der Waals surface area contributed by atoms with Crippen molar-refractivity contribution in [2.45, 2.75) is 0 Å². The second-order valence-corrected chi connectivity index (χ2v) is 6.07. The van der Waals surface area contributed by atoms with Crippen LogP contribution in [0, 0.1) is 11.3 Å². The average molecular weight is 374 g/mol. The van der Waals surface area contributed by atoms with Gasteiger partial charge < -0.3 is 19.8 Å². The van der Waals surface area contributed by atoms with Crippen molar-refractivity contribution in [3.8, 4) is 23.3 Å². The Morgan fingerprint density at radius 2 is 2.00 bits per heavy atom. The number of ether oxygens (including phenoxy) is 2. The molecule has 0 aliphatic rings. The van der Waals surface area contributed by atoms with E-state index in [9.17, 15) is 5.26 Å². The average Bonchev–Trinajstić information content (AvgIpc) is 3.20. The zero-order valence-corrected chi connectivity index (χ0v) is 15.5. The van der Waals surface area contributed by atoms with Crippen LogP contribution < -0.4 is 10.1 Å². The van der Waals surface area contributed by atoms with Crippen molar-refractivity contribution in [2.24, 2.45) is 0 Å². The summed E-state index contributed by atoms with van der Waals surface area (Å²) in [5.41, 5.74) is 5.20. The highest BCUT2D eigenvalue weighted by molar-refractivity contribution is 6.04. The summed E-state index contributed by atoms with van der Waals surface area (Å²) in [6.07, 6.45) is 1.65. The number of benzene rings is 2. The van der Waals surface area contributed by atoms with Gasteiger partial charge in [-0.15, -0.1) is 0 Å². The molecule has 2 aromatic carbocycles. The number of nitrogens with zero attached hydrogens (tertiary/aromatic N) is 4. The first-order valence-corrected chi connectivity index (χ1v) is 8.73. The molecule has 8 nitrogen and oxygen atoms in total. The van der Waals surface area contributed by atoms with E-state index in [1.807, 2.05) is 18.2 Å². The Morgan fingerprint density at radius 1 is 1.14 bits per heavy atom. The van der Waals surface area contributed by atoms with Crippen molar-refractivity contribution in [1.82, 2.24) is 19.9 Å². The van der Waals surface area contributed by atoms with Crippen LogP contribution in [-0.4, -0.2) is 47.3 Å². The second-order valence-electron chi connectivity index (χ2n) is 6.07. The summed E-state index contributed by atoms with van der Waals surface area (Å²) >= 11 is 0. The summed E-state index contributed by atoms with van der Waals surface area (Å²) in [5, 5.41) is 13.4. The maximum absolute atomic E-state index is 9.50. The predicted molar refractivity (Wildman–Crippen MR) is 106 cm³/mol. The van der Waals surface area contributed by atoms with E-state index in [2.05, 4.69) is 31.3 Å². The molecule has 4 rings (SSSR count). The highest BCUT2D eigenvalue weighted by atomic mass is 16.5. The maximum atomic E-state index is 9.50. The normalized spacial score (nSPS) is 10.9. The molecule has 2 N–H and O–H groups in total. The molecule has 140 valence electrons. The van der Waals surface area contributed by atoms with E-state index in [1.165, 1.54) is 0 Å². The smallest absolute Gasteiger partial charge is 0.317 e. The van der Waals surface area contributed by atoms with Crippen LogP contribution in [0.2, 0.25) is 0 Å².